The number of amides is 1. The van der Waals surface area contributed by atoms with Crippen molar-refractivity contribution in [2.45, 2.75) is 13.3 Å². The summed E-state index contributed by atoms with van der Waals surface area (Å²) in [5.41, 5.74) is 0.896. The van der Waals surface area contributed by atoms with E-state index in [0.29, 0.717) is 6.61 Å². The van der Waals surface area contributed by atoms with Crippen LogP contribution in [0.2, 0.25) is 0 Å². The number of carbonyl (C=O) groups is 1. The summed E-state index contributed by atoms with van der Waals surface area (Å²) in [6.07, 6.45) is 2.64. The molecule has 0 saturated carbocycles. The van der Waals surface area contributed by atoms with Crippen molar-refractivity contribution < 1.29 is 9.53 Å². The van der Waals surface area contributed by atoms with E-state index in [9.17, 15) is 4.79 Å². The van der Waals surface area contributed by atoms with Crippen molar-refractivity contribution in [3.05, 3.63) is 36.9 Å². The molecule has 0 unspecified atom stereocenters. The lowest BCUT2D eigenvalue weighted by atomic mass is 10.3. The van der Waals surface area contributed by atoms with Gasteiger partial charge in [-0.15, -0.1) is 0 Å². The fourth-order valence-corrected chi connectivity index (χ4v) is 1.33. The molecular weight excluding hydrogens is 228 g/mol. The molecule has 4 heteroatoms. The van der Waals surface area contributed by atoms with Gasteiger partial charge in [-0.1, -0.05) is 19.6 Å². The molecule has 18 heavy (non-hydrogen) atoms. The molecule has 1 aromatic rings. The Kier molecular flexibility index (Phi) is 6.40. The van der Waals surface area contributed by atoms with Gasteiger partial charge < -0.3 is 15.4 Å². The lowest BCUT2D eigenvalue weighted by molar-refractivity contribution is -0.119. The van der Waals surface area contributed by atoms with E-state index in [4.69, 9.17) is 4.74 Å². The van der Waals surface area contributed by atoms with Gasteiger partial charge in [-0.25, -0.2) is 0 Å². The summed E-state index contributed by atoms with van der Waals surface area (Å²) in [4.78, 5) is 11.4. The zero-order valence-electron chi connectivity index (χ0n) is 10.7. The third-order valence-corrected chi connectivity index (χ3v) is 2.25. The zero-order valence-corrected chi connectivity index (χ0v) is 10.7. The first kappa shape index (κ1) is 14.1. The second kappa shape index (κ2) is 8.17. The van der Waals surface area contributed by atoms with E-state index >= 15 is 0 Å². The van der Waals surface area contributed by atoms with E-state index in [-0.39, 0.29) is 12.5 Å². The molecule has 0 fully saturated rings. The topological polar surface area (TPSA) is 50.4 Å². The molecule has 0 aliphatic heterocycles. The van der Waals surface area contributed by atoms with Crippen LogP contribution in [-0.4, -0.2) is 25.6 Å². The van der Waals surface area contributed by atoms with Crippen LogP contribution in [0, 0.1) is 0 Å². The molecule has 0 atom stereocenters. The number of carbonyl (C=O) groups excluding carboxylic acids is 1. The normalized spacial score (nSPS) is 9.61. The average Bonchev–Trinajstić information content (AvgIpc) is 2.41. The van der Waals surface area contributed by atoms with Crippen molar-refractivity contribution >= 4 is 11.6 Å². The minimum absolute atomic E-state index is 0.00355. The SMILES string of the molecule is C=CCOc1ccc(NCC(=O)NCCC)cc1. The van der Waals surface area contributed by atoms with Gasteiger partial charge >= 0.3 is 0 Å². The van der Waals surface area contributed by atoms with Crippen LogP contribution in [0.5, 0.6) is 5.75 Å². The Morgan fingerprint density at radius 2 is 2.11 bits per heavy atom. The maximum Gasteiger partial charge on any atom is 0.239 e. The highest BCUT2D eigenvalue weighted by atomic mass is 16.5. The van der Waals surface area contributed by atoms with Gasteiger partial charge in [0.1, 0.15) is 12.4 Å². The van der Waals surface area contributed by atoms with Crippen molar-refractivity contribution in [1.82, 2.24) is 5.32 Å². The predicted octanol–water partition coefficient (Wildman–Crippen LogP) is 2.19. The highest BCUT2D eigenvalue weighted by Gasteiger charge is 1.99. The maximum atomic E-state index is 11.4. The molecule has 4 nitrogen and oxygen atoms in total. The number of nitrogens with one attached hydrogen (secondary N) is 2. The summed E-state index contributed by atoms with van der Waals surface area (Å²) in [5, 5.41) is 5.85. The molecule has 0 aliphatic carbocycles. The fourth-order valence-electron chi connectivity index (χ4n) is 1.33. The van der Waals surface area contributed by atoms with Crippen LogP contribution in [0.25, 0.3) is 0 Å². The monoisotopic (exact) mass is 248 g/mol. The van der Waals surface area contributed by atoms with E-state index in [2.05, 4.69) is 17.2 Å². The Hall–Kier alpha value is -1.97. The van der Waals surface area contributed by atoms with Gasteiger partial charge in [0.25, 0.3) is 0 Å². The minimum Gasteiger partial charge on any atom is -0.490 e. The van der Waals surface area contributed by atoms with E-state index in [0.717, 1.165) is 24.4 Å². The summed E-state index contributed by atoms with van der Waals surface area (Å²) in [6.45, 7) is 7.10. The van der Waals surface area contributed by atoms with Crippen molar-refractivity contribution in [3.63, 3.8) is 0 Å². The largest absolute Gasteiger partial charge is 0.490 e. The van der Waals surface area contributed by atoms with Crippen molar-refractivity contribution in [2.24, 2.45) is 0 Å². The fraction of sp³-hybridized carbons (Fsp3) is 0.357. The second-order valence-corrected chi connectivity index (χ2v) is 3.83. The second-order valence-electron chi connectivity index (χ2n) is 3.83. The molecular formula is C14H20N2O2. The number of ether oxygens (including phenoxy) is 1. The summed E-state index contributed by atoms with van der Waals surface area (Å²) >= 11 is 0. The van der Waals surface area contributed by atoms with Crippen LogP contribution >= 0.6 is 0 Å². The maximum absolute atomic E-state index is 11.4. The molecule has 0 heterocycles. The van der Waals surface area contributed by atoms with E-state index in [1.807, 2.05) is 31.2 Å². The van der Waals surface area contributed by atoms with Gasteiger partial charge in [-0.2, -0.15) is 0 Å². The van der Waals surface area contributed by atoms with Gasteiger partial charge in [0, 0.05) is 12.2 Å². The quantitative estimate of drug-likeness (QED) is 0.693. The summed E-state index contributed by atoms with van der Waals surface area (Å²) < 4.78 is 5.36. The van der Waals surface area contributed by atoms with Gasteiger partial charge in [0.15, 0.2) is 0 Å². The van der Waals surface area contributed by atoms with Gasteiger partial charge in [0.2, 0.25) is 5.91 Å². The summed E-state index contributed by atoms with van der Waals surface area (Å²) in [7, 11) is 0. The van der Waals surface area contributed by atoms with Crippen LogP contribution in [0.15, 0.2) is 36.9 Å². The molecule has 0 radical (unpaired) electrons. The van der Waals surface area contributed by atoms with Gasteiger partial charge in [-0.05, 0) is 30.7 Å². The van der Waals surface area contributed by atoms with Crippen LogP contribution in [0.4, 0.5) is 5.69 Å². The molecule has 98 valence electrons. The smallest absolute Gasteiger partial charge is 0.239 e. The number of benzene rings is 1. The Bertz CT molecular complexity index is 374. The lowest BCUT2D eigenvalue weighted by Crippen LogP contribution is -2.30. The molecule has 1 rings (SSSR count). The number of rotatable bonds is 8. The van der Waals surface area contributed by atoms with Crippen LogP contribution in [0.3, 0.4) is 0 Å². The van der Waals surface area contributed by atoms with Crippen LogP contribution in [-0.2, 0) is 4.79 Å². The standard InChI is InChI=1S/C14H20N2O2/c1-3-9-15-14(17)11-16-12-5-7-13(8-6-12)18-10-4-2/h4-8,16H,2-3,9-11H2,1H3,(H,15,17). The molecule has 2 N–H and O–H groups in total. The summed E-state index contributed by atoms with van der Waals surface area (Å²) in [6, 6.07) is 7.47. The third-order valence-electron chi connectivity index (χ3n) is 2.25. The molecule has 0 bridgehead atoms. The number of hydrogen-bond donors (Lipinski definition) is 2. The molecule has 0 spiro atoms. The van der Waals surface area contributed by atoms with Gasteiger partial charge in [0.05, 0.1) is 6.54 Å². The Morgan fingerprint density at radius 3 is 2.72 bits per heavy atom. The Balaban J connectivity index is 2.34. The van der Waals surface area contributed by atoms with E-state index in [1.165, 1.54) is 0 Å². The highest BCUT2D eigenvalue weighted by molar-refractivity contribution is 5.80. The van der Waals surface area contributed by atoms with Crippen molar-refractivity contribution in [3.8, 4) is 5.75 Å². The Labute approximate surface area is 108 Å². The first-order valence-corrected chi connectivity index (χ1v) is 6.10. The average molecular weight is 248 g/mol. The molecule has 0 saturated heterocycles. The third kappa shape index (κ3) is 5.39. The molecule has 0 aromatic heterocycles. The molecule has 0 aliphatic rings. The zero-order chi connectivity index (χ0) is 13.2. The highest BCUT2D eigenvalue weighted by Crippen LogP contribution is 2.15. The lowest BCUT2D eigenvalue weighted by Gasteiger charge is -2.08. The Morgan fingerprint density at radius 1 is 1.39 bits per heavy atom. The first-order chi connectivity index (χ1) is 8.76. The van der Waals surface area contributed by atoms with Crippen molar-refractivity contribution in [1.29, 1.82) is 0 Å². The van der Waals surface area contributed by atoms with Gasteiger partial charge in [-0.3, -0.25) is 4.79 Å². The molecule has 1 amide bonds. The number of anilines is 1. The van der Waals surface area contributed by atoms with Crippen LogP contribution < -0.4 is 15.4 Å². The minimum atomic E-state index is 0.00355. The van der Waals surface area contributed by atoms with E-state index in [1.54, 1.807) is 6.08 Å². The molecule has 1 aromatic carbocycles. The number of hydrogen-bond acceptors (Lipinski definition) is 3. The summed E-state index contributed by atoms with van der Waals surface area (Å²) in [5.74, 6) is 0.791. The van der Waals surface area contributed by atoms with E-state index < -0.39 is 0 Å². The predicted molar refractivity (Wildman–Crippen MR) is 73.9 cm³/mol. The first-order valence-electron chi connectivity index (χ1n) is 6.10. The van der Waals surface area contributed by atoms with Crippen LogP contribution in [0.1, 0.15) is 13.3 Å². The van der Waals surface area contributed by atoms with Crippen molar-refractivity contribution in [2.75, 3.05) is 25.0 Å².